The second-order valence-corrected chi connectivity index (χ2v) is 4.70. The fraction of sp³-hybridized carbons (Fsp3) is 0.500. The van der Waals surface area contributed by atoms with Gasteiger partial charge in [-0.3, -0.25) is 9.69 Å². The van der Waals surface area contributed by atoms with Crippen LogP contribution >= 0.6 is 0 Å². The molecule has 2 heterocycles. The second kappa shape index (κ2) is 6.89. The average molecular weight is 311 g/mol. The predicted octanol–water partition coefficient (Wildman–Crippen LogP) is 0.0110. The van der Waals surface area contributed by atoms with Crippen LogP contribution in [-0.4, -0.2) is 53.3 Å². The normalized spacial score (nSPS) is 18.8. The fourth-order valence-corrected chi connectivity index (χ4v) is 2.09. The van der Waals surface area contributed by atoms with E-state index in [0.29, 0.717) is 5.76 Å². The summed E-state index contributed by atoms with van der Waals surface area (Å²) in [5, 5.41) is 16.0. The third kappa shape index (κ3) is 3.73. The largest absolute Gasteiger partial charge is 0.468 e. The zero-order valence-corrected chi connectivity index (χ0v) is 12.3. The lowest BCUT2D eigenvalue weighted by Gasteiger charge is -2.38. The molecule has 1 aliphatic heterocycles. The number of hydrogen-bond donors (Lipinski definition) is 1. The van der Waals surface area contributed by atoms with Crippen LogP contribution in [0, 0.1) is 10.1 Å². The van der Waals surface area contributed by atoms with E-state index < -0.39 is 11.1 Å². The molecule has 1 aromatic heterocycles. The van der Waals surface area contributed by atoms with Gasteiger partial charge in [0.2, 0.25) is 0 Å². The Morgan fingerprint density at radius 3 is 3.05 bits per heavy atom. The highest BCUT2D eigenvalue weighted by Crippen LogP contribution is 2.12. The summed E-state index contributed by atoms with van der Waals surface area (Å²) in [5.41, 5.74) is 0. The lowest BCUT2D eigenvalue weighted by molar-refractivity contribution is -0.486. The maximum atomic E-state index is 11.6. The molecule has 1 N–H and O–H groups in total. The molecule has 1 saturated heterocycles. The maximum absolute atomic E-state index is 11.6. The molecule has 0 saturated carbocycles. The number of guanidine groups is 1. The predicted molar refractivity (Wildman–Crippen MR) is 74.9 cm³/mol. The Labute approximate surface area is 126 Å². The van der Waals surface area contributed by atoms with Crippen molar-refractivity contribution in [3.8, 4) is 0 Å². The molecular weight excluding hydrogens is 294 g/mol. The van der Waals surface area contributed by atoms with E-state index >= 15 is 0 Å². The monoisotopic (exact) mass is 311 g/mol. The molecule has 0 radical (unpaired) electrons. The number of furan rings is 1. The Balaban J connectivity index is 2.14. The van der Waals surface area contributed by atoms with Crippen LogP contribution in [0.25, 0.3) is 0 Å². The number of ether oxygens (including phenoxy) is 1. The number of hydrogen-bond acceptors (Lipinski definition) is 6. The smallest absolute Gasteiger partial charge is 0.322 e. The molecule has 0 amide bonds. The van der Waals surface area contributed by atoms with Crippen LogP contribution in [-0.2, 0) is 16.1 Å². The zero-order chi connectivity index (χ0) is 16.1. The minimum Gasteiger partial charge on any atom is -0.468 e. The summed E-state index contributed by atoms with van der Waals surface area (Å²) in [6.45, 7) is 2.51. The summed E-state index contributed by atoms with van der Waals surface area (Å²) < 4.78 is 9.96. The molecule has 22 heavy (non-hydrogen) atoms. The number of hydrazone groups is 1. The van der Waals surface area contributed by atoms with Gasteiger partial charge >= 0.3 is 5.97 Å². The highest BCUT2D eigenvalue weighted by molar-refractivity contribution is 5.80. The molecule has 10 heteroatoms. The molecule has 0 aromatic carbocycles. The van der Waals surface area contributed by atoms with Gasteiger partial charge in [0.05, 0.1) is 33.3 Å². The molecular formula is C12H17N5O5. The average Bonchev–Trinajstić information content (AvgIpc) is 3.00. The summed E-state index contributed by atoms with van der Waals surface area (Å²) in [6, 6.07) is 2.99. The first-order valence-corrected chi connectivity index (χ1v) is 6.57. The molecule has 1 fully saturated rings. The lowest BCUT2D eigenvalue weighted by Crippen LogP contribution is -2.60. The van der Waals surface area contributed by atoms with E-state index in [1.165, 1.54) is 13.4 Å². The van der Waals surface area contributed by atoms with Crippen molar-refractivity contribution in [3.63, 3.8) is 0 Å². The van der Waals surface area contributed by atoms with Gasteiger partial charge in [-0.2, -0.15) is 0 Å². The van der Waals surface area contributed by atoms with E-state index in [0.717, 1.165) is 0 Å². The summed E-state index contributed by atoms with van der Waals surface area (Å²) in [6.07, 6.45) is 1.52. The Kier molecular flexibility index (Phi) is 4.94. The molecule has 120 valence electrons. The summed E-state index contributed by atoms with van der Waals surface area (Å²) in [7, 11) is 1.32. The van der Waals surface area contributed by atoms with Gasteiger partial charge in [-0.15, -0.1) is 0 Å². The Hall–Kier alpha value is -2.62. The van der Waals surface area contributed by atoms with E-state index in [4.69, 9.17) is 9.15 Å². The summed E-state index contributed by atoms with van der Waals surface area (Å²) in [5.74, 6) is 0.370. The molecule has 0 aliphatic carbocycles. The van der Waals surface area contributed by atoms with Crippen LogP contribution in [0.4, 0.5) is 0 Å². The topological polar surface area (TPSA) is 113 Å². The Bertz CT molecular complexity index is 558. The maximum Gasteiger partial charge on any atom is 0.322 e. The van der Waals surface area contributed by atoms with E-state index in [2.05, 4.69) is 10.4 Å². The van der Waals surface area contributed by atoms with Crippen molar-refractivity contribution in [2.45, 2.75) is 19.5 Å². The first-order valence-electron chi connectivity index (χ1n) is 6.57. The van der Waals surface area contributed by atoms with Crippen molar-refractivity contribution in [2.24, 2.45) is 5.10 Å². The Morgan fingerprint density at radius 2 is 2.45 bits per heavy atom. The third-order valence-electron chi connectivity index (χ3n) is 3.29. The quantitative estimate of drug-likeness (QED) is 0.459. The molecule has 1 atom stereocenters. The number of esters is 1. The number of carbonyl (C=O) groups is 1. The van der Waals surface area contributed by atoms with Crippen molar-refractivity contribution < 1.29 is 19.0 Å². The zero-order valence-electron chi connectivity index (χ0n) is 12.3. The third-order valence-corrected chi connectivity index (χ3v) is 3.29. The first kappa shape index (κ1) is 15.8. The highest BCUT2D eigenvalue weighted by Gasteiger charge is 2.31. The van der Waals surface area contributed by atoms with Gasteiger partial charge in [0.15, 0.2) is 5.03 Å². The van der Waals surface area contributed by atoms with E-state index in [1.54, 1.807) is 28.9 Å². The molecule has 1 aromatic rings. The van der Waals surface area contributed by atoms with Crippen LogP contribution < -0.4 is 5.32 Å². The molecule has 10 nitrogen and oxygen atoms in total. The van der Waals surface area contributed by atoms with Crippen molar-refractivity contribution in [2.75, 3.05) is 20.4 Å². The minimum atomic E-state index is -0.767. The fourth-order valence-electron chi connectivity index (χ4n) is 2.09. The van der Waals surface area contributed by atoms with Crippen molar-refractivity contribution in [1.82, 2.24) is 15.1 Å². The van der Waals surface area contributed by atoms with Gasteiger partial charge < -0.3 is 19.4 Å². The van der Waals surface area contributed by atoms with Gasteiger partial charge in [0.25, 0.3) is 5.96 Å². The van der Waals surface area contributed by atoms with Gasteiger partial charge in [-0.25, -0.2) is 10.1 Å². The standard InChI is InChI=1S/C12H17N5O5/c1-9(11(18)21-2)16-7-13-12(14-17(19)20)15(8-16)6-10-4-3-5-22-10/h3-5,9H,6-8H2,1-2H3,(H,13,14)/t9-/m0/s1. The molecule has 0 spiro atoms. The number of rotatable bonds is 5. The number of carbonyl (C=O) groups excluding carboxylic acids is 1. The van der Waals surface area contributed by atoms with Crippen molar-refractivity contribution in [1.29, 1.82) is 0 Å². The second-order valence-electron chi connectivity index (χ2n) is 4.70. The number of nitro groups is 1. The van der Waals surface area contributed by atoms with E-state index in [9.17, 15) is 14.9 Å². The summed E-state index contributed by atoms with van der Waals surface area (Å²) >= 11 is 0. The van der Waals surface area contributed by atoms with Gasteiger partial charge in [-0.1, -0.05) is 0 Å². The number of methoxy groups -OCH3 is 1. The van der Waals surface area contributed by atoms with Crippen LogP contribution in [0.3, 0.4) is 0 Å². The van der Waals surface area contributed by atoms with E-state index in [1.807, 2.05) is 0 Å². The number of nitrogens with one attached hydrogen (secondary N) is 1. The molecule has 2 rings (SSSR count). The SMILES string of the molecule is COC(=O)[C@H](C)N1CN/C(=N\[N+](=O)[O-])N(Cc2ccco2)C1. The van der Waals surface area contributed by atoms with Gasteiger partial charge in [-0.05, 0) is 19.1 Å². The molecule has 1 aliphatic rings. The van der Waals surface area contributed by atoms with Crippen LogP contribution in [0.5, 0.6) is 0 Å². The van der Waals surface area contributed by atoms with Gasteiger partial charge in [0.1, 0.15) is 16.9 Å². The first-order chi connectivity index (χ1) is 10.5. The van der Waals surface area contributed by atoms with Crippen LogP contribution in [0.1, 0.15) is 12.7 Å². The Morgan fingerprint density at radius 1 is 1.68 bits per heavy atom. The molecule has 0 bridgehead atoms. The molecule has 0 unspecified atom stereocenters. The van der Waals surface area contributed by atoms with Crippen molar-refractivity contribution >= 4 is 11.9 Å². The highest BCUT2D eigenvalue weighted by atomic mass is 16.7. The summed E-state index contributed by atoms with van der Waals surface area (Å²) in [4.78, 5) is 25.6. The van der Waals surface area contributed by atoms with E-state index in [-0.39, 0.29) is 31.8 Å². The van der Waals surface area contributed by atoms with Crippen LogP contribution in [0.15, 0.2) is 27.9 Å². The van der Waals surface area contributed by atoms with Crippen LogP contribution in [0.2, 0.25) is 0 Å². The lowest BCUT2D eigenvalue weighted by atomic mass is 10.3. The minimum absolute atomic E-state index is 0.120. The van der Waals surface area contributed by atoms with Gasteiger partial charge in [0, 0.05) is 0 Å². The number of nitrogens with zero attached hydrogens (tertiary/aromatic N) is 4. The van der Waals surface area contributed by atoms with Crippen molar-refractivity contribution in [3.05, 3.63) is 34.3 Å².